The summed E-state index contributed by atoms with van der Waals surface area (Å²) >= 11 is 5.98. The van der Waals surface area contributed by atoms with Gasteiger partial charge in [-0.1, -0.05) is 16.8 Å². The predicted molar refractivity (Wildman–Crippen MR) is 70.7 cm³/mol. The molecule has 0 spiro atoms. The monoisotopic (exact) mass is 272 g/mol. The summed E-state index contributed by atoms with van der Waals surface area (Å²) in [4.78, 5) is 3.90. The summed E-state index contributed by atoms with van der Waals surface area (Å²) in [5.74, 6) is 1.27. The number of ether oxygens (including phenoxy) is 1. The third-order valence-corrected chi connectivity index (χ3v) is 2.77. The molecule has 0 amide bonds. The van der Waals surface area contributed by atoms with E-state index in [2.05, 4.69) is 15.3 Å². The van der Waals surface area contributed by atoms with Crippen LogP contribution in [0.15, 0.2) is 55.1 Å². The van der Waals surface area contributed by atoms with Crippen molar-refractivity contribution in [2.24, 2.45) is 0 Å². The summed E-state index contributed by atoms with van der Waals surface area (Å²) in [6.07, 6.45) is 6.57. The Morgan fingerprint density at radius 1 is 1.05 bits per heavy atom. The summed E-state index contributed by atoms with van der Waals surface area (Å²) < 4.78 is 7.33. The largest absolute Gasteiger partial charge is 0.456 e. The van der Waals surface area contributed by atoms with Crippen LogP contribution in [0.4, 0.5) is 0 Å². The minimum atomic E-state index is 0.475. The van der Waals surface area contributed by atoms with Crippen molar-refractivity contribution in [2.45, 2.75) is 0 Å². The molecule has 2 aromatic heterocycles. The molecule has 1 aromatic carbocycles. The highest BCUT2D eigenvalue weighted by Crippen LogP contribution is 2.28. The van der Waals surface area contributed by atoms with Gasteiger partial charge < -0.3 is 4.74 Å². The summed E-state index contributed by atoms with van der Waals surface area (Å²) in [7, 11) is 0. The zero-order valence-electron chi connectivity index (χ0n) is 9.77. The number of hydrogen-bond donors (Lipinski definition) is 0. The van der Waals surface area contributed by atoms with Crippen LogP contribution in [-0.2, 0) is 0 Å². The van der Waals surface area contributed by atoms with Gasteiger partial charge in [-0.15, -0.1) is 5.10 Å². The van der Waals surface area contributed by atoms with Crippen molar-refractivity contribution in [2.75, 3.05) is 0 Å². The highest BCUT2D eigenvalue weighted by molar-refractivity contribution is 6.31. The van der Waals surface area contributed by atoms with Crippen LogP contribution in [0.5, 0.6) is 11.5 Å². The molecule has 0 aliphatic heterocycles. The Hall–Kier alpha value is -2.40. The van der Waals surface area contributed by atoms with Crippen LogP contribution in [0.2, 0.25) is 5.02 Å². The number of pyridine rings is 1. The lowest BCUT2D eigenvalue weighted by molar-refractivity contribution is 0.482. The summed E-state index contributed by atoms with van der Waals surface area (Å²) in [5, 5.41) is 8.14. The Morgan fingerprint density at radius 2 is 1.89 bits per heavy atom. The van der Waals surface area contributed by atoms with Gasteiger partial charge in [-0.25, -0.2) is 4.68 Å². The van der Waals surface area contributed by atoms with Gasteiger partial charge in [-0.3, -0.25) is 4.98 Å². The van der Waals surface area contributed by atoms with E-state index < -0.39 is 0 Å². The molecule has 2 heterocycles. The van der Waals surface area contributed by atoms with E-state index in [-0.39, 0.29) is 0 Å². The molecule has 5 nitrogen and oxygen atoms in total. The maximum atomic E-state index is 5.98. The number of benzene rings is 1. The molecule has 3 aromatic rings. The van der Waals surface area contributed by atoms with Crippen LogP contribution in [0.25, 0.3) is 5.69 Å². The second-order valence-electron chi connectivity index (χ2n) is 3.75. The average Bonchev–Trinajstić information content (AvgIpc) is 2.96. The maximum absolute atomic E-state index is 5.98. The first-order valence-corrected chi connectivity index (χ1v) is 5.95. The summed E-state index contributed by atoms with van der Waals surface area (Å²) in [5.41, 5.74) is 0.908. The third-order valence-electron chi connectivity index (χ3n) is 2.49. The quantitative estimate of drug-likeness (QED) is 0.735. The van der Waals surface area contributed by atoms with Crippen LogP contribution in [0, 0.1) is 0 Å². The fourth-order valence-electron chi connectivity index (χ4n) is 1.59. The van der Waals surface area contributed by atoms with Crippen LogP contribution in [0.1, 0.15) is 0 Å². The molecule has 6 heteroatoms. The highest BCUT2D eigenvalue weighted by atomic mass is 35.5. The average molecular weight is 273 g/mol. The highest BCUT2D eigenvalue weighted by Gasteiger charge is 2.03. The molecule has 0 fully saturated rings. The lowest BCUT2D eigenvalue weighted by Crippen LogP contribution is -1.94. The van der Waals surface area contributed by atoms with E-state index in [1.807, 2.05) is 24.3 Å². The van der Waals surface area contributed by atoms with Gasteiger partial charge in [0.25, 0.3) is 0 Å². The molecule has 19 heavy (non-hydrogen) atoms. The van der Waals surface area contributed by atoms with Crippen LogP contribution in [-0.4, -0.2) is 20.0 Å². The summed E-state index contributed by atoms with van der Waals surface area (Å²) in [6, 6.07) is 9.17. The van der Waals surface area contributed by atoms with E-state index >= 15 is 0 Å². The standard InChI is InChI=1S/C13H9ClN4O/c14-12-9-15-6-5-13(12)19-11-3-1-10(2-4-11)18-8-7-16-17-18/h1-9H. The molecule has 0 saturated carbocycles. The minimum absolute atomic E-state index is 0.475. The molecular formula is C13H9ClN4O. The number of hydrogen-bond acceptors (Lipinski definition) is 4. The van der Waals surface area contributed by atoms with Gasteiger partial charge in [0.15, 0.2) is 0 Å². The van der Waals surface area contributed by atoms with Gasteiger partial charge in [0.05, 0.1) is 18.1 Å². The Bertz CT molecular complexity index is 667. The minimum Gasteiger partial charge on any atom is -0.456 e. The Kier molecular flexibility index (Phi) is 3.12. The van der Waals surface area contributed by atoms with Crippen molar-refractivity contribution < 1.29 is 4.74 Å². The molecule has 0 radical (unpaired) electrons. The van der Waals surface area contributed by atoms with Crippen molar-refractivity contribution >= 4 is 11.6 Å². The number of nitrogens with zero attached hydrogens (tertiary/aromatic N) is 4. The Morgan fingerprint density at radius 3 is 2.58 bits per heavy atom. The van der Waals surface area contributed by atoms with E-state index in [0.717, 1.165) is 5.69 Å². The van der Waals surface area contributed by atoms with Crippen LogP contribution in [0.3, 0.4) is 0 Å². The van der Waals surface area contributed by atoms with Gasteiger partial charge in [0.1, 0.15) is 16.5 Å². The van der Waals surface area contributed by atoms with Crippen molar-refractivity contribution in [3.05, 3.63) is 60.1 Å². The Labute approximate surface area is 114 Å². The van der Waals surface area contributed by atoms with Crippen LogP contribution < -0.4 is 4.74 Å². The molecule has 3 rings (SSSR count). The van der Waals surface area contributed by atoms with E-state index in [9.17, 15) is 0 Å². The smallest absolute Gasteiger partial charge is 0.149 e. The lowest BCUT2D eigenvalue weighted by atomic mass is 10.3. The zero-order chi connectivity index (χ0) is 13.1. The lowest BCUT2D eigenvalue weighted by Gasteiger charge is -2.07. The molecule has 0 saturated heterocycles. The zero-order valence-corrected chi connectivity index (χ0v) is 10.5. The first-order valence-electron chi connectivity index (χ1n) is 5.57. The SMILES string of the molecule is Clc1cnccc1Oc1ccc(-n2ccnn2)cc1. The topological polar surface area (TPSA) is 52.8 Å². The molecule has 0 N–H and O–H groups in total. The normalized spacial score (nSPS) is 10.4. The second kappa shape index (κ2) is 5.07. The molecular weight excluding hydrogens is 264 g/mol. The number of aromatic nitrogens is 4. The molecule has 0 atom stereocenters. The summed E-state index contributed by atoms with van der Waals surface area (Å²) in [6.45, 7) is 0. The first kappa shape index (κ1) is 11.7. The molecule has 0 aliphatic rings. The van der Waals surface area contributed by atoms with Gasteiger partial charge in [-0.2, -0.15) is 0 Å². The fraction of sp³-hybridized carbons (Fsp3) is 0. The molecule has 0 aliphatic carbocycles. The number of halogens is 1. The maximum Gasteiger partial charge on any atom is 0.149 e. The van der Waals surface area contributed by atoms with Crippen molar-refractivity contribution in [1.29, 1.82) is 0 Å². The van der Waals surface area contributed by atoms with Gasteiger partial charge in [-0.05, 0) is 24.3 Å². The van der Waals surface area contributed by atoms with Gasteiger partial charge >= 0.3 is 0 Å². The van der Waals surface area contributed by atoms with Crippen molar-refractivity contribution in [1.82, 2.24) is 20.0 Å². The fourth-order valence-corrected chi connectivity index (χ4v) is 1.74. The van der Waals surface area contributed by atoms with E-state index in [1.165, 1.54) is 0 Å². The Balaban J connectivity index is 1.82. The van der Waals surface area contributed by atoms with Crippen molar-refractivity contribution in [3.8, 4) is 17.2 Å². The van der Waals surface area contributed by atoms with Gasteiger partial charge in [0.2, 0.25) is 0 Å². The molecule has 0 bridgehead atoms. The van der Waals surface area contributed by atoms with Gasteiger partial charge in [0, 0.05) is 18.5 Å². The van der Waals surface area contributed by atoms with Crippen LogP contribution >= 0.6 is 11.6 Å². The van der Waals surface area contributed by atoms with Crippen molar-refractivity contribution in [3.63, 3.8) is 0 Å². The third kappa shape index (κ3) is 2.56. The molecule has 94 valence electrons. The first-order chi connectivity index (χ1) is 9.33. The van der Waals surface area contributed by atoms with E-state index in [0.29, 0.717) is 16.5 Å². The second-order valence-corrected chi connectivity index (χ2v) is 4.16. The predicted octanol–water partition coefficient (Wildman–Crippen LogP) is 3.11. The number of rotatable bonds is 3. The van der Waals surface area contributed by atoms with E-state index in [4.69, 9.17) is 16.3 Å². The molecule has 0 unspecified atom stereocenters. The van der Waals surface area contributed by atoms with E-state index in [1.54, 1.807) is 35.5 Å².